The average Bonchev–Trinajstić information content (AvgIpc) is 3.04. The molecule has 0 aliphatic carbocycles. The van der Waals surface area contributed by atoms with Crippen LogP contribution in [-0.2, 0) is 4.79 Å². The maximum atomic E-state index is 12.1. The van der Waals surface area contributed by atoms with E-state index in [-0.39, 0.29) is 12.5 Å². The predicted molar refractivity (Wildman–Crippen MR) is 101 cm³/mol. The average molecular weight is 341 g/mol. The topological polar surface area (TPSA) is 77.9 Å². The Bertz CT molecular complexity index is 1150. The van der Waals surface area contributed by atoms with Gasteiger partial charge < -0.3 is 15.0 Å². The maximum Gasteiger partial charge on any atom is 0.262 e. The number of rotatable bonds is 4. The van der Waals surface area contributed by atoms with E-state index in [4.69, 9.17) is 10.00 Å². The number of para-hydroxylation sites is 1. The highest BCUT2D eigenvalue weighted by Gasteiger charge is 2.07. The van der Waals surface area contributed by atoms with Crippen molar-refractivity contribution in [2.24, 2.45) is 0 Å². The lowest BCUT2D eigenvalue weighted by atomic mass is 10.1. The Morgan fingerprint density at radius 2 is 1.85 bits per heavy atom. The van der Waals surface area contributed by atoms with Gasteiger partial charge in [0.25, 0.3) is 5.91 Å². The standard InChI is InChI=1S/C21H15N3O2/c22-12-14-4-3-5-15(10-14)23-21(25)13-26-16-8-9-18-17-6-1-2-7-19(17)24-20(18)11-16/h1-11,24H,13H2,(H,23,25). The molecule has 1 aromatic heterocycles. The van der Waals surface area contributed by atoms with E-state index >= 15 is 0 Å². The van der Waals surface area contributed by atoms with E-state index in [2.05, 4.69) is 16.4 Å². The van der Waals surface area contributed by atoms with Gasteiger partial charge in [0.2, 0.25) is 0 Å². The van der Waals surface area contributed by atoms with Crippen LogP contribution < -0.4 is 10.1 Å². The van der Waals surface area contributed by atoms with Gasteiger partial charge >= 0.3 is 0 Å². The van der Waals surface area contributed by atoms with Crippen LogP contribution in [0.3, 0.4) is 0 Å². The van der Waals surface area contributed by atoms with Crippen LogP contribution in [0, 0.1) is 11.3 Å². The predicted octanol–water partition coefficient (Wildman–Crippen LogP) is 4.21. The van der Waals surface area contributed by atoms with Crippen molar-refractivity contribution >= 4 is 33.4 Å². The van der Waals surface area contributed by atoms with E-state index in [1.165, 1.54) is 0 Å². The molecule has 4 aromatic rings. The summed E-state index contributed by atoms with van der Waals surface area (Å²) in [6.07, 6.45) is 0. The lowest BCUT2D eigenvalue weighted by Crippen LogP contribution is -2.20. The minimum atomic E-state index is -0.281. The van der Waals surface area contributed by atoms with Crippen LogP contribution in [0.5, 0.6) is 5.75 Å². The number of hydrogen-bond acceptors (Lipinski definition) is 3. The van der Waals surface area contributed by atoms with Gasteiger partial charge in [-0.1, -0.05) is 24.3 Å². The van der Waals surface area contributed by atoms with E-state index in [1.807, 2.05) is 42.5 Å². The highest BCUT2D eigenvalue weighted by atomic mass is 16.5. The first kappa shape index (κ1) is 15.7. The molecule has 0 saturated heterocycles. The number of hydrogen-bond donors (Lipinski definition) is 2. The molecule has 5 heteroatoms. The first-order chi connectivity index (χ1) is 12.7. The summed E-state index contributed by atoms with van der Waals surface area (Å²) in [5.74, 6) is 0.335. The number of ether oxygens (including phenoxy) is 1. The molecule has 5 nitrogen and oxygen atoms in total. The third-order valence-electron chi connectivity index (χ3n) is 4.12. The fraction of sp³-hybridized carbons (Fsp3) is 0.0476. The smallest absolute Gasteiger partial charge is 0.262 e. The highest BCUT2D eigenvalue weighted by molar-refractivity contribution is 6.07. The van der Waals surface area contributed by atoms with Gasteiger partial charge in [0, 0.05) is 28.0 Å². The van der Waals surface area contributed by atoms with E-state index in [0.717, 1.165) is 21.8 Å². The van der Waals surface area contributed by atoms with Crippen LogP contribution in [0.25, 0.3) is 21.8 Å². The van der Waals surface area contributed by atoms with E-state index in [9.17, 15) is 4.79 Å². The molecule has 0 aliphatic heterocycles. The van der Waals surface area contributed by atoms with Crippen molar-refractivity contribution in [2.45, 2.75) is 0 Å². The number of benzene rings is 3. The summed E-state index contributed by atoms with van der Waals surface area (Å²) in [6.45, 7) is -0.109. The Morgan fingerprint density at radius 3 is 2.73 bits per heavy atom. The number of aromatic nitrogens is 1. The van der Waals surface area contributed by atoms with Gasteiger partial charge in [-0.05, 0) is 36.4 Å². The summed E-state index contributed by atoms with van der Waals surface area (Å²) < 4.78 is 5.60. The normalized spacial score (nSPS) is 10.6. The highest BCUT2D eigenvalue weighted by Crippen LogP contribution is 2.28. The Balaban J connectivity index is 1.46. The molecule has 1 heterocycles. The van der Waals surface area contributed by atoms with Gasteiger partial charge in [-0.15, -0.1) is 0 Å². The van der Waals surface area contributed by atoms with Gasteiger partial charge in [0.1, 0.15) is 5.75 Å². The Labute approximate surface area is 149 Å². The molecule has 0 bridgehead atoms. The molecular weight excluding hydrogens is 326 g/mol. The molecule has 0 saturated carbocycles. The maximum absolute atomic E-state index is 12.1. The second-order valence-electron chi connectivity index (χ2n) is 5.91. The zero-order valence-corrected chi connectivity index (χ0v) is 13.8. The number of anilines is 1. The minimum Gasteiger partial charge on any atom is -0.484 e. The molecule has 1 amide bonds. The number of amides is 1. The first-order valence-corrected chi connectivity index (χ1v) is 8.16. The van der Waals surface area contributed by atoms with E-state index in [1.54, 1.807) is 24.3 Å². The van der Waals surface area contributed by atoms with Crippen LogP contribution in [0.4, 0.5) is 5.69 Å². The molecule has 4 rings (SSSR count). The van der Waals surface area contributed by atoms with Crippen LogP contribution in [-0.4, -0.2) is 17.5 Å². The van der Waals surface area contributed by atoms with Crippen molar-refractivity contribution in [3.05, 3.63) is 72.3 Å². The summed E-state index contributed by atoms with van der Waals surface area (Å²) in [4.78, 5) is 15.4. The lowest BCUT2D eigenvalue weighted by molar-refractivity contribution is -0.118. The van der Waals surface area contributed by atoms with E-state index in [0.29, 0.717) is 17.0 Å². The molecule has 26 heavy (non-hydrogen) atoms. The molecule has 0 aliphatic rings. The molecule has 0 fully saturated rings. The fourth-order valence-corrected chi connectivity index (χ4v) is 2.94. The number of aromatic amines is 1. The number of carbonyl (C=O) groups excluding carboxylic acids is 1. The fourth-order valence-electron chi connectivity index (χ4n) is 2.94. The van der Waals surface area contributed by atoms with Crippen molar-refractivity contribution in [2.75, 3.05) is 11.9 Å². The largest absolute Gasteiger partial charge is 0.484 e. The van der Waals surface area contributed by atoms with Crippen LogP contribution >= 0.6 is 0 Å². The molecule has 126 valence electrons. The van der Waals surface area contributed by atoms with Crippen molar-refractivity contribution in [3.8, 4) is 11.8 Å². The summed E-state index contributed by atoms with van der Waals surface area (Å²) >= 11 is 0. The van der Waals surface area contributed by atoms with Gasteiger partial charge in [0.05, 0.1) is 17.1 Å². The quantitative estimate of drug-likeness (QED) is 0.584. The second-order valence-corrected chi connectivity index (χ2v) is 5.91. The molecule has 2 N–H and O–H groups in total. The first-order valence-electron chi connectivity index (χ1n) is 8.16. The number of fused-ring (bicyclic) bond motifs is 3. The molecule has 0 radical (unpaired) electrons. The van der Waals surface area contributed by atoms with Crippen LogP contribution in [0.2, 0.25) is 0 Å². The van der Waals surface area contributed by atoms with Gasteiger partial charge in [0.15, 0.2) is 6.61 Å². The third-order valence-corrected chi connectivity index (χ3v) is 4.12. The second kappa shape index (κ2) is 6.61. The molecule has 0 unspecified atom stereocenters. The Morgan fingerprint density at radius 1 is 1.00 bits per heavy atom. The SMILES string of the molecule is N#Cc1cccc(NC(=O)COc2ccc3c(c2)[nH]c2ccccc23)c1. The minimum absolute atomic E-state index is 0.109. The monoisotopic (exact) mass is 341 g/mol. The number of carbonyl (C=O) groups is 1. The Kier molecular flexibility index (Phi) is 4.00. The van der Waals surface area contributed by atoms with E-state index < -0.39 is 0 Å². The molecule has 3 aromatic carbocycles. The molecular formula is C21H15N3O2. The number of nitriles is 1. The van der Waals surface area contributed by atoms with Crippen LogP contribution in [0.1, 0.15) is 5.56 Å². The summed E-state index contributed by atoms with van der Waals surface area (Å²) in [5.41, 5.74) is 3.09. The summed E-state index contributed by atoms with van der Waals surface area (Å²) in [7, 11) is 0. The summed E-state index contributed by atoms with van der Waals surface area (Å²) in [6, 6.07) is 22.6. The van der Waals surface area contributed by atoms with Crippen molar-refractivity contribution in [1.82, 2.24) is 4.98 Å². The number of H-pyrrole nitrogens is 1. The third kappa shape index (κ3) is 3.08. The zero-order chi connectivity index (χ0) is 17.9. The van der Waals surface area contributed by atoms with Crippen molar-refractivity contribution in [1.29, 1.82) is 5.26 Å². The van der Waals surface area contributed by atoms with Gasteiger partial charge in [-0.2, -0.15) is 5.26 Å². The lowest BCUT2D eigenvalue weighted by Gasteiger charge is -2.08. The molecule has 0 atom stereocenters. The Hall–Kier alpha value is -3.78. The molecule has 0 spiro atoms. The van der Waals surface area contributed by atoms with Gasteiger partial charge in [-0.25, -0.2) is 0 Å². The number of nitrogens with zero attached hydrogens (tertiary/aromatic N) is 1. The van der Waals surface area contributed by atoms with Crippen molar-refractivity contribution in [3.63, 3.8) is 0 Å². The number of nitrogens with one attached hydrogen (secondary N) is 2. The van der Waals surface area contributed by atoms with Crippen molar-refractivity contribution < 1.29 is 9.53 Å². The summed E-state index contributed by atoms with van der Waals surface area (Å²) in [5, 5.41) is 13.9. The van der Waals surface area contributed by atoms with Gasteiger partial charge in [-0.3, -0.25) is 4.79 Å². The zero-order valence-electron chi connectivity index (χ0n) is 13.8. The van der Waals surface area contributed by atoms with Crippen LogP contribution in [0.15, 0.2) is 66.7 Å².